The molecular weight excluding hydrogens is 291 g/mol. The Morgan fingerprint density at radius 3 is 2.00 bits per heavy atom. The van der Waals surface area contributed by atoms with Crippen molar-refractivity contribution in [3.05, 3.63) is 69.2 Å². The minimum atomic E-state index is -0.693. The first-order valence-corrected chi connectivity index (χ1v) is 7.63. The van der Waals surface area contributed by atoms with E-state index in [4.69, 9.17) is 23.2 Å². The molecule has 0 bridgehead atoms. The molecule has 0 spiro atoms. The molecule has 1 N–H and O–H groups in total. The first-order valence-electron chi connectivity index (χ1n) is 6.87. The molecular formula is C17H16Cl2O. The predicted molar refractivity (Wildman–Crippen MR) is 83.6 cm³/mol. The SMILES string of the molecule is OC(c1ccc(C2CCC2)cc1)c1cc(Cl)cc(Cl)c1. The molecule has 1 atom stereocenters. The van der Waals surface area contributed by atoms with E-state index in [-0.39, 0.29) is 0 Å². The number of aliphatic hydroxyl groups is 1. The highest BCUT2D eigenvalue weighted by Crippen LogP contribution is 2.37. The van der Waals surface area contributed by atoms with Crippen molar-refractivity contribution in [2.24, 2.45) is 0 Å². The van der Waals surface area contributed by atoms with Crippen molar-refractivity contribution >= 4 is 23.2 Å². The van der Waals surface area contributed by atoms with E-state index in [0.717, 1.165) is 11.1 Å². The summed E-state index contributed by atoms with van der Waals surface area (Å²) < 4.78 is 0. The van der Waals surface area contributed by atoms with Crippen LogP contribution < -0.4 is 0 Å². The summed E-state index contributed by atoms with van der Waals surface area (Å²) in [5.41, 5.74) is 2.96. The topological polar surface area (TPSA) is 20.2 Å². The maximum absolute atomic E-state index is 10.4. The van der Waals surface area contributed by atoms with Gasteiger partial charge >= 0.3 is 0 Å². The van der Waals surface area contributed by atoms with Crippen molar-refractivity contribution in [3.63, 3.8) is 0 Å². The van der Waals surface area contributed by atoms with Crippen LogP contribution in [0.25, 0.3) is 0 Å². The summed E-state index contributed by atoms with van der Waals surface area (Å²) in [5, 5.41) is 11.5. The van der Waals surface area contributed by atoms with Gasteiger partial charge in [-0.25, -0.2) is 0 Å². The lowest BCUT2D eigenvalue weighted by Crippen LogP contribution is -2.09. The number of hydrogen-bond donors (Lipinski definition) is 1. The second-order valence-corrected chi connectivity index (χ2v) is 6.27. The first-order chi connectivity index (χ1) is 9.63. The van der Waals surface area contributed by atoms with E-state index in [1.54, 1.807) is 18.2 Å². The van der Waals surface area contributed by atoms with Crippen molar-refractivity contribution in [1.29, 1.82) is 0 Å². The number of aliphatic hydroxyl groups excluding tert-OH is 1. The summed E-state index contributed by atoms with van der Waals surface area (Å²) in [4.78, 5) is 0. The summed E-state index contributed by atoms with van der Waals surface area (Å²) in [6, 6.07) is 13.4. The van der Waals surface area contributed by atoms with Gasteiger partial charge in [0.2, 0.25) is 0 Å². The van der Waals surface area contributed by atoms with Crippen LogP contribution in [0.4, 0.5) is 0 Å². The van der Waals surface area contributed by atoms with Crippen molar-refractivity contribution in [2.45, 2.75) is 31.3 Å². The van der Waals surface area contributed by atoms with Crippen LogP contribution >= 0.6 is 23.2 Å². The van der Waals surface area contributed by atoms with Gasteiger partial charge in [0.15, 0.2) is 0 Å². The summed E-state index contributed by atoms with van der Waals surface area (Å²) >= 11 is 12.0. The molecule has 2 aromatic carbocycles. The Morgan fingerprint density at radius 1 is 0.900 bits per heavy atom. The van der Waals surface area contributed by atoms with Crippen LogP contribution in [-0.2, 0) is 0 Å². The predicted octanol–water partition coefficient (Wildman–Crippen LogP) is 5.34. The highest BCUT2D eigenvalue weighted by Gasteiger charge is 2.20. The van der Waals surface area contributed by atoms with Gasteiger partial charge in [-0.3, -0.25) is 0 Å². The summed E-state index contributed by atoms with van der Waals surface area (Å²) in [6.45, 7) is 0. The molecule has 1 fully saturated rings. The van der Waals surface area contributed by atoms with Gasteiger partial charge in [0.1, 0.15) is 6.10 Å². The fourth-order valence-electron chi connectivity index (χ4n) is 2.62. The maximum atomic E-state index is 10.4. The minimum Gasteiger partial charge on any atom is -0.384 e. The lowest BCUT2D eigenvalue weighted by molar-refractivity contribution is 0.220. The highest BCUT2D eigenvalue weighted by atomic mass is 35.5. The number of benzene rings is 2. The number of rotatable bonds is 3. The smallest absolute Gasteiger partial charge is 0.104 e. The van der Waals surface area contributed by atoms with Crippen molar-refractivity contribution in [3.8, 4) is 0 Å². The quantitative estimate of drug-likeness (QED) is 0.811. The zero-order chi connectivity index (χ0) is 14.1. The van der Waals surface area contributed by atoms with Crippen molar-refractivity contribution in [2.75, 3.05) is 0 Å². The normalized spacial score (nSPS) is 16.8. The Kier molecular flexibility index (Phi) is 4.02. The second-order valence-electron chi connectivity index (χ2n) is 5.40. The molecule has 3 rings (SSSR count). The third-order valence-corrected chi connectivity index (χ3v) is 4.47. The van der Waals surface area contributed by atoms with Crippen LogP contribution in [0.15, 0.2) is 42.5 Å². The Balaban J connectivity index is 1.83. The molecule has 20 heavy (non-hydrogen) atoms. The second kappa shape index (κ2) is 5.77. The van der Waals surface area contributed by atoms with E-state index in [0.29, 0.717) is 16.0 Å². The summed E-state index contributed by atoms with van der Waals surface area (Å²) in [6.07, 6.45) is 3.20. The summed E-state index contributed by atoms with van der Waals surface area (Å²) in [7, 11) is 0. The van der Waals surface area contributed by atoms with E-state index in [2.05, 4.69) is 12.1 Å². The molecule has 1 aliphatic carbocycles. The fraction of sp³-hybridized carbons (Fsp3) is 0.294. The van der Waals surface area contributed by atoms with Crippen LogP contribution in [0.2, 0.25) is 10.0 Å². The molecule has 1 nitrogen and oxygen atoms in total. The van der Waals surface area contributed by atoms with Crippen molar-refractivity contribution < 1.29 is 5.11 Å². The van der Waals surface area contributed by atoms with Gasteiger partial charge in [-0.1, -0.05) is 53.9 Å². The number of halogens is 2. The van der Waals surface area contributed by atoms with Crippen LogP contribution in [0.3, 0.4) is 0 Å². The van der Waals surface area contributed by atoms with Crippen LogP contribution in [-0.4, -0.2) is 5.11 Å². The van der Waals surface area contributed by atoms with Gasteiger partial charge in [-0.2, -0.15) is 0 Å². The molecule has 0 aromatic heterocycles. The van der Waals surface area contributed by atoms with Crippen LogP contribution in [0, 0.1) is 0 Å². The molecule has 0 heterocycles. The molecule has 0 radical (unpaired) electrons. The Labute approximate surface area is 129 Å². The van der Waals surface area contributed by atoms with E-state index in [1.807, 2.05) is 12.1 Å². The van der Waals surface area contributed by atoms with Gasteiger partial charge in [0.25, 0.3) is 0 Å². The largest absolute Gasteiger partial charge is 0.384 e. The highest BCUT2D eigenvalue weighted by molar-refractivity contribution is 6.34. The Morgan fingerprint density at radius 2 is 1.50 bits per heavy atom. The average Bonchev–Trinajstić information content (AvgIpc) is 2.35. The zero-order valence-electron chi connectivity index (χ0n) is 11.0. The van der Waals surface area contributed by atoms with Crippen LogP contribution in [0.5, 0.6) is 0 Å². The monoisotopic (exact) mass is 306 g/mol. The average molecular weight is 307 g/mol. The molecule has 0 aliphatic heterocycles. The summed E-state index contributed by atoms with van der Waals surface area (Å²) in [5.74, 6) is 0.710. The standard InChI is InChI=1S/C17H16Cl2O/c18-15-8-14(9-16(19)10-15)17(20)13-6-4-12(5-7-13)11-2-1-3-11/h4-11,17,20H,1-3H2. The molecule has 1 unspecified atom stereocenters. The maximum Gasteiger partial charge on any atom is 0.104 e. The van der Waals surface area contributed by atoms with Gasteiger partial charge in [0.05, 0.1) is 0 Å². The molecule has 2 aromatic rings. The fourth-order valence-corrected chi connectivity index (χ4v) is 3.16. The lowest BCUT2D eigenvalue weighted by Gasteiger charge is -2.26. The van der Waals surface area contributed by atoms with Gasteiger partial charge in [-0.15, -0.1) is 0 Å². The van der Waals surface area contributed by atoms with Gasteiger partial charge < -0.3 is 5.11 Å². The Bertz CT molecular complexity index is 583. The van der Waals surface area contributed by atoms with E-state index in [1.165, 1.54) is 24.8 Å². The van der Waals surface area contributed by atoms with Gasteiger partial charge in [0, 0.05) is 10.0 Å². The molecule has 0 amide bonds. The van der Waals surface area contributed by atoms with Crippen LogP contribution in [0.1, 0.15) is 48.0 Å². The molecule has 104 valence electrons. The number of hydrogen-bond acceptors (Lipinski definition) is 1. The Hall–Kier alpha value is -1.02. The van der Waals surface area contributed by atoms with E-state index in [9.17, 15) is 5.11 Å². The molecule has 1 aliphatic rings. The first kappa shape index (κ1) is 13.9. The van der Waals surface area contributed by atoms with Gasteiger partial charge in [-0.05, 0) is 53.6 Å². The van der Waals surface area contributed by atoms with E-state index >= 15 is 0 Å². The molecule has 3 heteroatoms. The third kappa shape index (κ3) is 2.85. The minimum absolute atomic E-state index is 0.539. The zero-order valence-corrected chi connectivity index (χ0v) is 12.5. The third-order valence-electron chi connectivity index (χ3n) is 4.03. The lowest BCUT2D eigenvalue weighted by atomic mass is 9.80. The molecule has 0 saturated heterocycles. The van der Waals surface area contributed by atoms with Crippen molar-refractivity contribution in [1.82, 2.24) is 0 Å². The van der Waals surface area contributed by atoms with E-state index < -0.39 is 6.10 Å². The molecule has 1 saturated carbocycles.